The van der Waals surface area contributed by atoms with Crippen molar-refractivity contribution < 1.29 is 4.39 Å². The number of hydrogen-bond acceptors (Lipinski definition) is 4. The number of nitrogens with one attached hydrogen (secondary N) is 2. The number of anilines is 1. The average Bonchev–Trinajstić information content (AvgIpc) is 2.90. The molecule has 0 amide bonds. The molecule has 0 unspecified atom stereocenters. The zero-order valence-electron chi connectivity index (χ0n) is 14.6. The highest BCUT2D eigenvalue weighted by Crippen LogP contribution is 2.20. The van der Waals surface area contributed by atoms with Crippen LogP contribution >= 0.6 is 0 Å². The maximum atomic E-state index is 13.5. The molecule has 0 radical (unpaired) electrons. The Morgan fingerprint density at radius 2 is 2.25 bits per heavy atom. The minimum Gasteiger partial charge on any atom is -0.370 e. The number of fused-ring (bicyclic) bond motifs is 1. The van der Waals surface area contributed by atoms with Crippen molar-refractivity contribution in [3.8, 4) is 0 Å². The van der Waals surface area contributed by atoms with Crippen molar-refractivity contribution in [2.75, 3.05) is 39.0 Å². The fraction of sp³-hybridized carbons (Fsp3) is 0.500. The predicted octanol–water partition coefficient (Wildman–Crippen LogP) is 2.26. The maximum absolute atomic E-state index is 13.5. The second-order valence-electron chi connectivity index (χ2n) is 6.79. The standard InChI is InChI=1S/C18H26FN5/c1-13-7-18-21-10-14(12-24(18)22-13)9-20-11-17(23(2)3)15-5-4-6-16(19)8-15/h4-8,14,17,20-21H,9-12H2,1-3H3/t14-,17+/m1/s1. The van der Waals surface area contributed by atoms with Gasteiger partial charge in [-0.15, -0.1) is 0 Å². The Kier molecular flexibility index (Phi) is 5.16. The molecule has 2 aromatic rings. The normalized spacial score (nSPS) is 18.3. The van der Waals surface area contributed by atoms with Crippen LogP contribution in [0.4, 0.5) is 10.2 Å². The summed E-state index contributed by atoms with van der Waals surface area (Å²) in [5.74, 6) is 1.42. The summed E-state index contributed by atoms with van der Waals surface area (Å²) in [4.78, 5) is 2.12. The van der Waals surface area contributed by atoms with E-state index in [9.17, 15) is 4.39 Å². The highest BCUT2D eigenvalue weighted by atomic mass is 19.1. The lowest BCUT2D eigenvalue weighted by molar-refractivity contribution is 0.279. The minimum atomic E-state index is -0.183. The summed E-state index contributed by atoms with van der Waals surface area (Å²) in [6.45, 7) is 5.59. The number of rotatable bonds is 6. The third kappa shape index (κ3) is 3.94. The molecule has 0 bridgehead atoms. The first-order valence-electron chi connectivity index (χ1n) is 8.44. The number of halogens is 1. The van der Waals surface area contributed by atoms with Crippen LogP contribution in [0.5, 0.6) is 0 Å². The molecule has 2 heterocycles. The van der Waals surface area contributed by atoms with Crippen molar-refractivity contribution in [2.45, 2.75) is 19.5 Å². The second-order valence-corrected chi connectivity index (χ2v) is 6.79. The van der Waals surface area contributed by atoms with E-state index in [-0.39, 0.29) is 11.9 Å². The Hall–Kier alpha value is -1.92. The molecule has 1 aliphatic rings. The molecule has 1 aromatic heterocycles. The number of aryl methyl sites for hydroxylation is 1. The fourth-order valence-corrected chi connectivity index (χ4v) is 3.26. The van der Waals surface area contributed by atoms with Crippen LogP contribution in [0.25, 0.3) is 0 Å². The van der Waals surface area contributed by atoms with E-state index in [2.05, 4.69) is 26.7 Å². The Labute approximate surface area is 142 Å². The number of aromatic nitrogens is 2. The van der Waals surface area contributed by atoms with E-state index in [0.717, 1.165) is 43.3 Å². The van der Waals surface area contributed by atoms with E-state index in [0.29, 0.717) is 5.92 Å². The molecule has 3 rings (SSSR count). The first-order chi connectivity index (χ1) is 11.5. The lowest BCUT2D eigenvalue weighted by Gasteiger charge is -2.28. The summed E-state index contributed by atoms with van der Waals surface area (Å²) >= 11 is 0. The third-order valence-corrected chi connectivity index (χ3v) is 4.53. The lowest BCUT2D eigenvalue weighted by Crippen LogP contribution is -2.38. The summed E-state index contributed by atoms with van der Waals surface area (Å²) in [5, 5.41) is 11.5. The van der Waals surface area contributed by atoms with Gasteiger partial charge in [-0.1, -0.05) is 12.1 Å². The summed E-state index contributed by atoms with van der Waals surface area (Å²) in [6.07, 6.45) is 0. The largest absolute Gasteiger partial charge is 0.370 e. The number of hydrogen-bond donors (Lipinski definition) is 2. The van der Waals surface area contributed by atoms with Crippen molar-refractivity contribution in [1.29, 1.82) is 0 Å². The fourth-order valence-electron chi connectivity index (χ4n) is 3.26. The van der Waals surface area contributed by atoms with E-state index < -0.39 is 0 Å². The van der Waals surface area contributed by atoms with Gasteiger partial charge in [-0.2, -0.15) is 5.10 Å². The van der Waals surface area contributed by atoms with Crippen molar-refractivity contribution in [3.05, 3.63) is 47.4 Å². The minimum absolute atomic E-state index is 0.153. The highest BCUT2D eigenvalue weighted by Gasteiger charge is 2.20. The first kappa shape index (κ1) is 16.9. The zero-order valence-corrected chi connectivity index (χ0v) is 14.6. The van der Waals surface area contributed by atoms with Crippen LogP contribution in [0.2, 0.25) is 0 Å². The van der Waals surface area contributed by atoms with Gasteiger partial charge in [0.25, 0.3) is 0 Å². The van der Waals surface area contributed by atoms with Gasteiger partial charge < -0.3 is 15.5 Å². The summed E-state index contributed by atoms with van der Waals surface area (Å²) in [5.41, 5.74) is 2.05. The van der Waals surface area contributed by atoms with Crippen molar-refractivity contribution in [2.24, 2.45) is 5.92 Å². The molecule has 0 aliphatic carbocycles. The molecule has 130 valence electrons. The van der Waals surface area contributed by atoms with E-state index >= 15 is 0 Å². The molecule has 5 nitrogen and oxygen atoms in total. The summed E-state index contributed by atoms with van der Waals surface area (Å²) in [6, 6.07) is 9.09. The van der Waals surface area contributed by atoms with Crippen LogP contribution in [0.3, 0.4) is 0 Å². The maximum Gasteiger partial charge on any atom is 0.124 e. The summed E-state index contributed by atoms with van der Waals surface area (Å²) in [7, 11) is 4.05. The van der Waals surface area contributed by atoms with Gasteiger partial charge in [0.05, 0.1) is 5.69 Å². The second kappa shape index (κ2) is 7.32. The molecule has 0 spiro atoms. The molecular formula is C18H26FN5. The number of benzene rings is 1. The zero-order chi connectivity index (χ0) is 17.1. The van der Waals surface area contributed by atoms with Gasteiger partial charge in [0, 0.05) is 44.2 Å². The average molecular weight is 331 g/mol. The van der Waals surface area contributed by atoms with Gasteiger partial charge in [0.1, 0.15) is 11.6 Å². The van der Waals surface area contributed by atoms with E-state index in [1.165, 1.54) is 6.07 Å². The SMILES string of the molecule is Cc1cc2n(n1)C[C@H](CNC[C@@H](c1cccc(F)c1)N(C)C)CN2. The highest BCUT2D eigenvalue weighted by molar-refractivity contribution is 5.38. The number of likely N-dealkylation sites (N-methyl/N-ethyl adjacent to an activating group) is 1. The Bertz CT molecular complexity index is 682. The quantitative estimate of drug-likeness (QED) is 0.852. The Balaban J connectivity index is 1.55. The molecule has 1 aromatic carbocycles. The monoisotopic (exact) mass is 331 g/mol. The predicted molar refractivity (Wildman–Crippen MR) is 94.6 cm³/mol. The van der Waals surface area contributed by atoms with Crippen LogP contribution in [0.15, 0.2) is 30.3 Å². The molecule has 2 N–H and O–H groups in total. The molecule has 0 saturated carbocycles. The third-order valence-electron chi connectivity index (χ3n) is 4.53. The Morgan fingerprint density at radius 1 is 1.42 bits per heavy atom. The first-order valence-corrected chi connectivity index (χ1v) is 8.44. The van der Waals surface area contributed by atoms with Crippen molar-refractivity contribution >= 4 is 5.82 Å². The van der Waals surface area contributed by atoms with Crippen LogP contribution in [0.1, 0.15) is 17.3 Å². The van der Waals surface area contributed by atoms with Crippen LogP contribution in [-0.4, -0.2) is 48.4 Å². The number of nitrogens with zero attached hydrogens (tertiary/aromatic N) is 3. The Morgan fingerprint density at radius 3 is 3.00 bits per heavy atom. The van der Waals surface area contributed by atoms with Gasteiger partial charge in [0.2, 0.25) is 0 Å². The lowest BCUT2D eigenvalue weighted by atomic mass is 10.0. The molecule has 0 saturated heterocycles. The van der Waals surface area contributed by atoms with Gasteiger partial charge in [-0.25, -0.2) is 9.07 Å². The summed E-state index contributed by atoms with van der Waals surface area (Å²) < 4.78 is 15.5. The molecular weight excluding hydrogens is 305 g/mol. The molecule has 0 fully saturated rings. The van der Waals surface area contributed by atoms with Crippen LogP contribution < -0.4 is 10.6 Å². The molecule has 2 atom stereocenters. The topological polar surface area (TPSA) is 45.1 Å². The van der Waals surface area contributed by atoms with Gasteiger partial charge in [0.15, 0.2) is 0 Å². The van der Waals surface area contributed by atoms with Crippen molar-refractivity contribution in [3.63, 3.8) is 0 Å². The van der Waals surface area contributed by atoms with Crippen LogP contribution in [-0.2, 0) is 6.54 Å². The van der Waals surface area contributed by atoms with Gasteiger partial charge >= 0.3 is 0 Å². The van der Waals surface area contributed by atoms with Gasteiger partial charge in [-0.3, -0.25) is 0 Å². The van der Waals surface area contributed by atoms with Crippen LogP contribution in [0, 0.1) is 18.7 Å². The van der Waals surface area contributed by atoms with Crippen molar-refractivity contribution in [1.82, 2.24) is 20.0 Å². The van der Waals surface area contributed by atoms with E-state index in [1.807, 2.05) is 31.8 Å². The molecule has 24 heavy (non-hydrogen) atoms. The van der Waals surface area contributed by atoms with Gasteiger partial charge in [-0.05, 0) is 38.7 Å². The van der Waals surface area contributed by atoms with E-state index in [1.54, 1.807) is 12.1 Å². The smallest absolute Gasteiger partial charge is 0.124 e. The van der Waals surface area contributed by atoms with E-state index in [4.69, 9.17) is 0 Å². The molecule has 6 heteroatoms. The molecule has 1 aliphatic heterocycles.